The molecule has 0 saturated carbocycles. The number of β-amino-alcohol motifs (C(OH)–C–C–N with tert-alkyl or cyclic N) is 2. The lowest BCUT2D eigenvalue weighted by Gasteiger charge is -2.48. The Hall–Kier alpha value is -1.26. The number of ether oxygens (including phenoxy) is 5. The number of nitrogens with one attached hydrogen (secondary N) is 1. The van der Waals surface area contributed by atoms with Crippen molar-refractivity contribution in [3.05, 3.63) is 11.6 Å². The van der Waals surface area contributed by atoms with E-state index in [9.17, 15) is 81.7 Å². The van der Waals surface area contributed by atoms with E-state index in [1.165, 1.54) is 13.0 Å². The SMILES string of the molecule is C[C@H]1O[C@H](O[C@H]2[C@H](O)[C@@H](O)[C@@H](O[C@H]3[C@H](O)[C@@H](O)[C@H](O)O[C@@H]3CO)O[C@@H]2CO)[C@H](O)[C@@H](O)[C@@H]1N[C@H]1C=C(CO)[C@H](O)[C@H](O)[C@H]1O.OCCN1C[C@H](O)[C@@H](O)[C@H](O)[C@H]1CO. The summed E-state index contributed by atoms with van der Waals surface area (Å²) in [6, 6.07) is -2.79. The molecule has 4 aliphatic heterocycles. The van der Waals surface area contributed by atoms with Crippen LogP contribution in [-0.2, 0) is 23.7 Å². The number of likely N-dealkylation sites (tertiary alicyclic amines) is 1. The van der Waals surface area contributed by atoms with Crippen LogP contribution >= 0.6 is 0 Å². The maximum atomic E-state index is 10.9. The predicted octanol–water partition coefficient (Wildman–Crippen LogP) is -11.8. The van der Waals surface area contributed by atoms with Crippen molar-refractivity contribution in [3.63, 3.8) is 0 Å². The summed E-state index contributed by atoms with van der Waals surface area (Å²) in [6.07, 6.45) is -30.0. The molecule has 340 valence electrons. The van der Waals surface area contributed by atoms with Gasteiger partial charge >= 0.3 is 0 Å². The van der Waals surface area contributed by atoms with E-state index in [2.05, 4.69) is 5.32 Å². The molecule has 0 bridgehead atoms. The Bertz CT molecular complexity index is 1270. The van der Waals surface area contributed by atoms with Gasteiger partial charge in [-0.15, -0.1) is 0 Å². The van der Waals surface area contributed by atoms with Gasteiger partial charge in [0.2, 0.25) is 0 Å². The Morgan fingerprint density at radius 1 is 0.621 bits per heavy atom. The lowest BCUT2D eigenvalue weighted by molar-refractivity contribution is -0.373. The molecule has 25 nitrogen and oxygen atoms in total. The van der Waals surface area contributed by atoms with Crippen LogP contribution in [0.1, 0.15) is 6.92 Å². The van der Waals surface area contributed by atoms with Crippen LogP contribution in [0.25, 0.3) is 0 Å². The van der Waals surface area contributed by atoms with Gasteiger partial charge in [-0.2, -0.15) is 0 Å². The van der Waals surface area contributed by atoms with E-state index in [1.54, 1.807) is 4.90 Å². The second-order valence-electron chi connectivity index (χ2n) is 14.9. The molecule has 0 aromatic carbocycles. The second-order valence-corrected chi connectivity index (χ2v) is 14.9. The molecular weight excluding hydrogens is 792 g/mol. The van der Waals surface area contributed by atoms with Crippen LogP contribution in [0.3, 0.4) is 0 Å². The summed E-state index contributed by atoms with van der Waals surface area (Å²) in [6.45, 7) is -0.788. The van der Waals surface area contributed by atoms with E-state index >= 15 is 0 Å². The molecule has 19 N–H and O–H groups in total. The van der Waals surface area contributed by atoms with Crippen LogP contribution in [0, 0.1) is 0 Å². The van der Waals surface area contributed by atoms with Crippen LogP contribution < -0.4 is 5.32 Å². The van der Waals surface area contributed by atoms with Gasteiger partial charge < -0.3 is 121 Å². The van der Waals surface area contributed by atoms with Crippen molar-refractivity contribution in [2.24, 2.45) is 0 Å². The maximum Gasteiger partial charge on any atom is 0.187 e. The Balaban J connectivity index is 0.000000448. The quantitative estimate of drug-likeness (QED) is 0.0810. The van der Waals surface area contributed by atoms with Crippen molar-refractivity contribution in [3.8, 4) is 0 Å². The summed E-state index contributed by atoms with van der Waals surface area (Å²) in [4.78, 5) is 1.56. The van der Waals surface area contributed by atoms with Crippen LogP contribution in [0.4, 0.5) is 0 Å². The van der Waals surface area contributed by atoms with Gasteiger partial charge in [-0.3, -0.25) is 4.90 Å². The fraction of sp³-hybridized carbons (Fsp3) is 0.939. The minimum absolute atomic E-state index is 0.0225. The van der Waals surface area contributed by atoms with Gasteiger partial charge in [0.05, 0.1) is 63.4 Å². The molecule has 0 radical (unpaired) electrons. The van der Waals surface area contributed by atoms with Crippen molar-refractivity contribution in [2.45, 2.75) is 148 Å². The molecule has 1 aliphatic carbocycles. The number of aliphatic hydroxyl groups excluding tert-OH is 18. The topological polar surface area (TPSA) is 426 Å². The normalized spacial score (nSPS) is 49.2. The minimum Gasteiger partial charge on any atom is -0.395 e. The summed E-state index contributed by atoms with van der Waals surface area (Å²) in [5.74, 6) is 0. The summed E-state index contributed by atoms with van der Waals surface area (Å²) in [5, 5.41) is 181. The Labute approximate surface area is 331 Å². The Kier molecular flexibility index (Phi) is 18.5. The lowest BCUT2D eigenvalue weighted by Crippen LogP contribution is -2.68. The first kappa shape index (κ1) is 49.4. The highest BCUT2D eigenvalue weighted by Gasteiger charge is 2.53. The number of rotatable bonds is 12. The van der Waals surface area contributed by atoms with E-state index in [0.717, 1.165) is 0 Å². The number of hydrogen-bond acceptors (Lipinski definition) is 25. The molecule has 0 spiro atoms. The van der Waals surface area contributed by atoms with Crippen LogP contribution in [0.5, 0.6) is 0 Å². The highest BCUT2D eigenvalue weighted by atomic mass is 16.7. The van der Waals surface area contributed by atoms with E-state index in [4.69, 9.17) is 33.9 Å². The lowest BCUT2D eigenvalue weighted by atomic mass is 9.86. The molecule has 0 unspecified atom stereocenters. The van der Waals surface area contributed by atoms with Gasteiger partial charge in [0.25, 0.3) is 0 Å². The van der Waals surface area contributed by atoms with E-state index < -0.39 is 161 Å². The zero-order chi connectivity index (χ0) is 43.3. The van der Waals surface area contributed by atoms with Gasteiger partial charge in [-0.1, -0.05) is 6.08 Å². The maximum absolute atomic E-state index is 10.9. The third-order valence-corrected chi connectivity index (χ3v) is 11.1. The number of nitrogens with zero attached hydrogens (tertiary/aromatic N) is 1. The molecule has 4 saturated heterocycles. The van der Waals surface area contributed by atoms with Gasteiger partial charge in [0, 0.05) is 13.1 Å². The monoisotopic (exact) mass is 852 g/mol. The summed E-state index contributed by atoms with van der Waals surface area (Å²) < 4.78 is 27.4. The summed E-state index contributed by atoms with van der Waals surface area (Å²) in [7, 11) is 0. The Morgan fingerprint density at radius 3 is 1.72 bits per heavy atom. The standard InChI is InChI=1S/C25H43NO18.C8H17NO5/c1-6-11(26-8-2-7(3-27)12(30)15(33)13(8)31)14(32)19(37)24(40-6)43-22-10(5-29)42-25(20(38)17(22)35)44-21-9(4-28)41-23(39)18(36)16(21)34;10-2-1-9-3-6(12)8(14)7(13)5(9)4-11/h2,6,8-39H,3-5H2,1H3;5-8,10-14H,1-4H2/t6-,8+,9-,10-,11-,12+,13+,14+,15+,16-,17-,18-,19-,20-,21-,22-,23-,24-,25-;5-,6+,7-,8-/m11/s1. The summed E-state index contributed by atoms with van der Waals surface area (Å²) >= 11 is 0. The first-order valence-electron chi connectivity index (χ1n) is 18.7. The third-order valence-electron chi connectivity index (χ3n) is 11.1. The van der Waals surface area contributed by atoms with Crippen LogP contribution in [0.15, 0.2) is 11.6 Å². The predicted molar refractivity (Wildman–Crippen MR) is 185 cm³/mol. The first-order chi connectivity index (χ1) is 27.4. The molecule has 23 atom stereocenters. The van der Waals surface area contributed by atoms with E-state index in [0.29, 0.717) is 0 Å². The third kappa shape index (κ3) is 10.7. The van der Waals surface area contributed by atoms with E-state index in [1.807, 2.05) is 0 Å². The van der Waals surface area contributed by atoms with Crippen LogP contribution in [-0.4, -0.2) is 284 Å². The van der Waals surface area contributed by atoms with Crippen molar-refractivity contribution < 1.29 is 116 Å². The average molecular weight is 853 g/mol. The molecule has 4 heterocycles. The van der Waals surface area contributed by atoms with Crippen molar-refractivity contribution in [1.82, 2.24) is 10.2 Å². The zero-order valence-corrected chi connectivity index (χ0v) is 31.3. The number of aliphatic hydroxyl groups is 18. The molecule has 5 rings (SSSR count). The fourth-order valence-corrected chi connectivity index (χ4v) is 7.58. The number of piperidine rings is 1. The molecule has 5 aliphatic rings. The highest BCUT2D eigenvalue weighted by molar-refractivity contribution is 5.22. The molecule has 4 fully saturated rings. The average Bonchev–Trinajstić information content (AvgIpc) is 3.20. The first-order valence-corrected chi connectivity index (χ1v) is 18.7. The van der Waals surface area contributed by atoms with E-state index in [-0.39, 0.29) is 31.9 Å². The zero-order valence-electron chi connectivity index (χ0n) is 31.3. The van der Waals surface area contributed by atoms with Gasteiger partial charge in [0.1, 0.15) is 91.6 Å². The molecule has 0 aromatic heterocycles. The Morgan fingerprint density at radius 2 is 1.17 bits per heavy atom. The largest absolute Gasteiger partial charge is 0.395 e. The molecule has 0 aromatic rings. The van der Waals surface area contributed by atoms with Crippen molar-refractivity contribution >= 4 is 0 Å². The van der Waals surface area contributed by atoms with Gasteiger partial charge in [-0.05, 0) is 12.5 Å². The number of hydrogen-bond donors (Lipinski definition) is 19. The smallest absolute Gasteiger partial charge is 0.187 e. The fourth-order valence-electron chi connectivity index (χ4n) is 7.58. The van der Waals surface area contributed by atoms with Gasteiger partial charge in [-0.25, -0.2) is 0 Å². The van der Waals surface area contributed by atoms with Crippen molar-refractivity contribution in [2.75, 3.05) is 46.1 Å². The van der Waals surface area contributed by atoms with Crippen molar-refractivity contribution in [1.29, 1.82) is 0 Å². The molecule has 58 heavy (non-hydrogen) atoms. The summed E-state index contributed by atoms with van der Waals surface area (Å²) in [5.41, 5.74) is 0.0225. The van der Waals surface area contributed by atoms with Crippen LogP contribution in [0.2, 0.25) is 0 Å². The van der Waals surface area contributed by atoms with Gasteiger partial charge in [0.15, 0.2) is 18.9 Å². The minimum atomic E-state index is -1.93. The molecule has 25 heteroatoms. The molecule has 0 amide bonds. The highest BCUT2D eigenvalue weighted by Crippen LogP contribution is 2.33. The second kappa shape index (κ2) is 21.7. The molecular formula is C33H60N2O23.